The minimum Gasteiger partial charge on any atom is -0.467 e. The fourth-order valence-electron chi connectivity index (χ4n) is 4.37. The zero-order valence-corrected chi connectivity index (χ0v) is 18.8. The summed E-state index contributed by atoms with van der Waals surface area (Å²) in [6.07, 6.45) is 18.4. The van der Waals surface area contributed by atoms with Gasteiger partial charge in [-0.15, -0.1) is 0 Å². The fraction of sp³-hybridized carbons (Fsp3) is 0.600. The summed E-state index contributed by atoms with van der Waals surface area (Å²) in [5.74, 6) is 0.447. The van der Waals surface area contributed by atoms with Crippen LogP contribution < -0.4 is 5.32 Å². The minimum absolute atomic E-state index is 0.0187. The lowest BCUT2D eigenvalue weighted by atomic mass is 9.95. The summed E-state index contributed by atoms with van der Waals surface area (Å²) in [7, 11) is 0. The lowest BCUT2D eigenvalue weighted by molar-refractivity contribution is -0.142. The summed E-state index contributed by atoms with van der Waals surface area (Å²) in [5.41, 5.74) is 0. The molecule has 0 aromatic carbocycles. The van der Waals surface area contributed by atoms with Gasteiger partial charge in [0.2, 0.25) is 5.91 Å². The van der Waals surface area contributed by atoms with E-state index < -0.39 is 6.04 Å². The average molecular weight is 428 g/mol. The van der Waals surface area contributed by atoms with Gasteiger partial charge in [0.25, 0.3) is 5.91 Å². The molecule has 1 atom stereocenters. The van der Waals surface area contributed by atoms with Crippen molar-refractivity contribution in [3.63, 3.8) is 0 Å². The molecule has 170 valence electrons. The zero-order chi connectivity index (χ0) is 21.9. The van der Waals surface area contributed by atoms with E-state index in [0.717, 1.165) is 58.0 Å². The molecule has 6 nitrogen and oxygen atoms in total. The molecular weight excluding hydrogens is 390 g/mol. The van der Waals surface area contributed by atoms with Crippen LogP contribution in [0, 0.1) is 0 Å². The van der Waals surface area contributed by atoms with Gasteiger partial charge < -0.3 is 19.5 Å². The average Bonchev–Trinajstić information content (AvgIpc) is 3.32. The van der Waals surface area contributed by atoms with Crippen LogP contribution in [0.4, 0.5) is 0 Å². The van der Waals surface area contributed by atoms with Crippen molar-refractivity contribution in [1.29, 1.82) is 0 Å². The Kier molecular flexibility index (Phi) is 9.25. The monoisotopic (exact) mass is 427 g/mol. The van der Waals surface area contributed by atoms with E-state index in [1.165, 1.54) is 6.42 Å². The van der Waals surface area contributed by atoms with Crippen LogP contribution in [-0.4, -0.2) is 47.3 Å². The summed E-state index contributed by atoms with van der Waals surface area (Å²) >= 11 is 0. The number of hydrogen-bond acceptors (Lipinski definition) is 4. The first kappa shape index (κ1) is 23.2. The number of nitrogens with one attached hydrogen (secondary N) is 1. The molecule has 2 amide bonds. The van der Waals surface area contributed by atoms with Crippen LogP contribution in [-0.2, 0) is 9.59 Å². The first-order chi connectivity index (χ1) is 15.2. The van der Waals surface area contributed by atoms with Crippen molar-refractivity contribution in [1.82, 2.24) is 15.1 Å². The van der Waals surface area contributed by atoms with Gasteiger partial charge in [0.15, 0.2) is 6.04 Å². The molecular formula is C25H37N3O3. The van der Waals surface area contributed by atoms with Crippen LogP contribution >= 0.6 is 0 Å². The predicted molar refractivity (Wildman–Crippen MR) is 122 cm³/mol. The number of unbranched alkanes of at least 4 members (excludes halogenated alkanes) is 1. The van der Waals surface area contributed by atoms with E-state index in [-0.39, 0.29) is 17.9 Å². The van der Waals surface area contributed by atoms with Gasteiger partial charge in [0, 0.05) is 32.1 Å². The van der Waals surface area contributed by atoms with E-state index in [1.54, 1.807) is 17.2 Å². The van der Waals surface area contributed by atoms with Gasteiger partial charge in [-0.05, 0) is 50.1 Å². The predicted octanol–water partition coefficient (Wildman–Crippen LogP) is 4.56. The second-order valence-corrected chi connectivity index (χ2v) is 8.57. The van der Waals surface area contributed by atoms with Crippen molar-refractivity contribution in [2.45, 2.75) is 76.8 Å². The molecule has 1 unspecified atom stereocenters. The molecule has 1 aromatic rings. The zero-order valence-electron chi connectivity index (χ0n) is 18.8. The highest BCUT2D eigenvalue weighted by Gasteiger charge is 2.34. The maximum atomic E-state index is 13.4. The highest BCUT2D eigenvalue weighted by atomic mass is 16.3. The third kappa shape index (κ3) is 7.01. The molecule has 1 N–H and O–H groups in total. The standard InChI is InChI=1S/C25H37N3O3/c1-2-3-19-28(23(29)15-10-18-27-16-8-5-9-17-27)24(22-14-11-20-31-22)25(30)26-21-12-6-4-7-13-21/h5,8-9,11,14,16,20-21,24H,2-4,6-7,10,12-13,15,17-19H2,1H3,(H,26,30). The molecule has 0 bridgehead atoms. The van der Waals surface area contributed by atoms with Crippen molar-refractivity contribution >= 4 is 11.8 Å². The number of carbonyl (C=O) groups excluding carboxylic acids is 2. The maximum Gasteiger partial charge on any atom is 0.250 e. The molecule has 3 rings (SSSR count). The molecule has 1 saturated carbocycles. The third-order valence-electron chi connectivity index (χ3n) is 6.12. The number of nitrogens with zero attached hydrogens (tertiary/aromatic N) is 2. The Labute approximate surface area is 186 Å². The van der Waals surface area contributed by atoms with Crippen LogP contribution in [0.1, 0.15) is 76.5 Å². The SMILES string of the molecule is CCCCN(C(=O)CCCN1C=CC=CC1)C(C(=O)NC1CCCCC1)c1ccco1. The van der Waals surface area contributed by atoms with Gasteiger partial charge >= 0.3 is 0 Å². The fourth-order valence-corrected chi connectivity index (χ4v) is 4.37. The quantitative estimate of drug-likeness (QED) is 0.562. The summed E-state index contributed by atoms with van der Waals surface area (Å²) in [6, 6.07) is 3.09. The van der Waals surface area contributed by atoms with E-state index in [0.29, 0.717) is 18.7 Å². The summed E-state index contributed by atoms with van der Waals surface area (Å²) in [6.45, 7) is 4.37. The highest BCUT2D eigenvalue weighted by molar-refractivity contribution is 5.88. The van der Waals surface area contributed by atoms with E-state index in [2.05, 4.69) is 29.4 Å². The molecule has 6 heteroatoms. The van der Waals surface area contributed by atoms with Crippen LogP contribution in [0.15, 0.2) is 47.2 Å². The largest absolute Gasteiger partial charge is 0.467 e. The summed E-state index contributed by atoms with van der Waals surface area (Å²) in [4.78, 5) is 30.6. The van der Waals surface area contributed by atoms with Crippen molar-refractivity contribution in [2.75, 3.05) is 19.6 Å². The van der Waals surface area contributed by atoms with Crippen molar-refractivity contribution in [3.05, 3.63) is 48.6 Å². The Bertz CT molecular complexity index is 735. The van der Waals surface area contributed by atoms with Crippen molar-refractivity contribution in [2.24, 2.45) is 0 Å². The number of furan rings is 1. The lowest BCUT2D eigenvalue weighted by Gasteiger charge is -2.32. The van der Waals surface area contributed by atoms with Crippen LogP contribution in [0.5, 0.6) is 0 Å². The Morgan fingerprint density at radius 3 is 2.74 bits per heavy atom. The van der Waals surface area contributed by atoms with E-state index in [1.807, 2.05) is 18.2 Å². The molecule has 1 aromatic heterocycles. The first-order valence-electron chi connectivity index (χ1n) is 11.9. The van der Waals surface area contributed by atoms with Gasteiger partial charge in [-0.2, -0.15) is 0 Å². The van der Waals surface area contributed by atoms with Gasteiger partial charge in [0.1, 0.15) is 5.76 Å². The second kappa shape index (κ2) is 12.4. The number of allylic oxidation sites excluding steroid dienone is 2. The Morgan fingerprint density at radius 1 is 1.23 bits per heavy atom. The normalized spacial score (nSPS) is 17.5. The number of carbonyl (C=O) groups is 2. The van der Waals surface area contributed by atoms with Gasteiger partial charge in [-0.25, -0.2) is 0 Å². The van der Waals surface area contributed by atoms with Crippen LogP contribution in [0.25, 0.3) is 0 Å². The topological polar surface area (TPSA) is 65.8 Å². The molecule has 0 radical (unpaired) electrons. The lowest BCUT2D eigenvalue weighted by Crippen LogP contribution is -2.47. The minimum atomic E-state index is -0.700. The molecule has 1 fully saturated rings. The molecule has 2 aliphatic rings. The molecule has 0 spiro atoms. The van der Waals surface area contributed by atoms with Crippen molar-refractivity contribution < 1.29 is 14.0 Å². The number of rotatable bonds is 11. The molecule has 0 saturated heterocycles. The van der Waals surface area contributed by atoms with E-state index >= 15 is 0 Å². The Balaban J connectivity index is 1.67. The third-order valence-corrected chi connectivity index (χ3v) is 6.12. The van der Waals surface area contributed by atoms with Gasteiger partial charge in [-0.3, -0.25) is 9.59 Å². The van der Waals surface area contributed by atoms with Crippen LogP contribution in [0.3, 0.4) is 0 Å². The smallest absolute Gasteiger partial charge is 0.250 e. The summed E-state index contributed by atoms with van der Waals surface area (Å²) in [5, 5.41) is 3.21. The highest BCUT2D eigenvalue weighted by Crippen LogP contribution is 2.25. The van der Waals surface area contributed by atoms with Crippen molar-refractivity contribution in [3.8, 4) is 0 Å². The first-order valence-corrected chi connectivity index (χ1v) is 11.9. The number of amides is 2. The Hall–Kier alpha value is -2.50. The van der Waals surface area contributed by atoms with Gasteiger partial charge in [-0.1, -0.05) is 44.8 Å². The van der Waals surface area contributed by atoms with Crippen LogP contribution in [0.2, 0.25) is 0 Å². The Morgan fingerprint density at radius 2 is 2.06 bits per heavy atom. The van der Waals surface area contributed by atoms with Gasteiger partial charge in [0.05, 0.1) is 6.26 Å². The number of hydrogen-bond donors (Lipinski definition) is 1. The maximum absolute atomic E-state index is 13.4. The molecule has 1 aliphatic heterocycles. The van der Waals surface area contributed by atoms with E-state index in [4.69, 9.17) is 4.42 Å². The molecule has 31 heavy (non-hydrogen) atoms. The molecule has 1 aliphatic carbocycles. The second-order valence-electron chi connectivity index (χ2n) is 8.57. The summed E-state index contributed by atoms with van der Waals surface area (Å²) < 4.78 is 5.64. The van der Waals surface area contributed by atoms with E-state index in [9.17, 15) is 9.59 Å². The molecule has 2 heterocycles.